The third kappa shape index (κ3) is 1.58. The lowest BCUT2D eigenvalue weighted by molar-refractivity contribution is 0.308. The lowest BCUT2D eigenvalue weighted by atomic mass is 9.82. The van der Waals surface area contributed by atoms with E-state index in [0.29, 0.717) is 6.04 Å². The predicted molar refractivity (Wildman–Crippen MR) is 50.0 cm³/mol. The largest absolute Gasteiger partial charge is 0.367 e. The minimum atomic E-state index is 0.662. The van der Waals surface area contributed by atoms with Crippen LogP contribution in [0.25, 0.3) is 0 Å². The molecule has 0 saturated heterocycles. The smallest absolute Gasteiger partial charge is 0.126 e. The fourth-order valence-corrected chi connectivity index (χ4v) is 1.68. The Hall–Kier alpha value is -1.05. The Labute approximate surface area is 73.0 Å². The molecule has 0 bridgehead atoms. The molecule has 0 aromatic carbocycles. The summed E-state index contributed by atoms with van der Waals surface area (Å²) < 4.78 is 0. The van der Waals surface area contributed by atoms with Crippen molar-refractivity contribution in [1.29, 1.82) is 0 Å². The second-order valence-electron chi connectivity index (χ2n) is 3.63. The summed E-state index contributed by atoms with van der Waals surface area (Å²) >= 11 is 0. The fourth-order valence-electron chi connectivity index (χ4n) is 1.68. The topological polar surface area (TPSA) is 24.9 Å². The highest BCUT2D eigenvalue weighted by atomic mass is 15.0. The number of rotatable bonds is 2. The summed E-state index contributed by atoms with van der Waals surface area (Å²) in [6.07, 6.45) is 4.40. The Kier molecular flexibility index (Phi) is 1.98. The van der Waals surface area contributed by atoms with E-state index in [9.17, 15) is 0 Å². The molecule has 0 amide bonds. The van der Waals surface area contributed by atoms with Crippen LogP contribution in [-0.2, 0) is 0 Å². The molecule has 2 nitrogen and oxygen atoms in total. The van der Waals surface area contributed by atoms with E-state index < -0.39 is 0 Å². The average Bonchev–Trinajstić information content (AvgIpc) is 2.04. The molecule has 64 valence electrons. The minimum Gasteiger partial charge on any atom is -0.367 e. The van der Waals surface area contributed by atoms with Crippen molar-refractivity contribution in [3.05, 3.63) is 24.4 Å². The molecule has 12 heavy (non-hydrogen) atoms. The summed E-state index contributed by atoms with van der Waals surface area (Å²) in [7, 11) is 0. The number of anilines is 1. The molecule has 2 rings (SSSR count). The summed E-state index contributed by atoms with van der Waals surface area (Å²) in [6.45, 7) is 2.29. The number of nitrogens with zero attached hydrogens (tertiary/aromatic N) is 1. The predicted octanol–water partition coefficient (Wildman–Crippen LogP) is 2.29. The van der Waals surface area contributed by atoms with Gasteiger partial charge in [-0.25, -0.2) is 4.98 Å². The van der Waals surface area contributed by atoms with Gasteiger partial charge in [0.1, 0.15) is 5.82 Å². The van der Waals surface area contributed by atoms with Gasteiger partial charge in [0.15, 0.2) is 0 Å². The first-order valence-electron chi connectivity index (χ1n) is 4.52. The molecule has 1 heterocycles. The maximum atomic E-state index is 4.21. The second-order valence-corrected chi connectivity index (χ2v) is 3.63. The number of hydrogen-bond donors (Lipinski definition) is 1. The van der Waals surface area contributed by atoms with Gasteiger partial charge in [-0.15, -0.1) is 0 Å². The Balaban J connectivity index is 1.88. The van der Waals surface area contributed by atoms with Crippen LogP contribution in [0.15, 0.2) is 24.4 Å². The van der Waals surface area contributed by atoms with E-state index >= 15 is 0 Å². The molecule has 0 spiro atoms. The molecule has 1 aromatic rings. The van der Waals surface area contributed by atoms with Crippen molar-refractivity contribution in [2.24, 2.45) is 5.92 Å². The summed E-state index contributed by atoms with van der Waals surface area (Å²) in [5.74, 6) is 1.90. The third-order valence-corrected chi connectivity index (χ3v) is 2.39. The van der Waals surface area contributed by atoms with E-state index in [4.69, 9.17) is 0 Å². The quantitative estimate of drug-likeness (QED) is 0.721. The van der Waals surface area contributed by atoms with Gasteiger partial charge in [0, 0.05) is 12.2 Å². The summed E-state index contributed by atoms with van der Waals surface area (Å²) in [5, 5.41) is 3.40. The van der Waals surface area contributed by atoms with Crippen LogP contribution < -0.4 is 5.32 Å². The van der Waals surface area contributed by atoms with E-state index in [1.807, 2.05) is 24.4 Å². The van der Waals surface area contributed by atoms with Crippen molar-refractivity contribution in [1.82, 2.24) is 4.98 Å². The Morgan fingerprint density at radius 3 is 2.83 bits per heavy atom. The van der Waals surface area contributed by atoms with E-state index in [1.165, 1.54) is 12.8 Å². The van der Waals surface area contributed by atoms with Gasteiger partial charge in [0.2, 0.25) is 0 Å². The molecule has 1 aliphatic carbocycles. The van der Waals surface area contributed by atoms with Crippen LogP contribution in [0, 0.1) is 5.92 Å². The molecular weight excluding hydrogens is 148 g/mol. The number of pyridine rings is 1. The summed E-state index contributed by atoms with van der Waals surface area (Å²) in [5.41, 5.74) is 0. The van der Waals surface area contributed by atoms with Gasteiger partial charge in [-0.2, -0.15) is 0 Å². The van der Waals surface area contributed by atoms with Crippen LogP contribution in [0.4, 0.5) is 5.82 Å². The van der Waals surface area contributed by atoms with Crippen molar-refractivity contribution in [2.45, 2.75) is 25.8 Å². The third-order valence-electron chi connectivity index (χ3n) is 2.39. The van der Waals surface area contributed by atoms with Crippen LogP contribution in [0.3, 0.4) is 0 Å². The zero-order chi connectivity index (χ0) is 8.39. The van der Waals surface area contributed by atoms with Crippen molar-refractivity contribution in [3.63, 3.8) is 0 Å². The van der Waals surface area contributed by atoms with Crippen LogP contribution in [0.2, 0.25) is 0 Å². The molecule has 0 unspecified atom stereocenters. The van der Waals surface area contributed by atoms with Gasteiger partial charge >= 0.3 is 0 Å². The first kappa shape index (κ1) is 7.59. The van der Waals surface area contributed by atoms with Crippen molar-refractivity contribution in [2.75, 3.05) is 5.32 Å². The van der Waals surface area contributed by atoms with Gasteiger partial charge in [0.05, 0.1) is 0 Å². The molecule has 1 aliphatic rings. The number of aromatic nitrogens is 1. The normalized spacial score (nSPS) is 27.8. The Bertz CT molecular complexity index is 239. The van der Waals surface area contributed by atoms with Crippen LogP contribution in [0.1, 0.15) is 19.8 Å². The summed E-state index contributed by atoms with van der Waals surface area (Å²) in [6, 6.07) is 6.63. The highest BCUT2D eigenvalue weighted by Crippen LogP contribution is 2.28. The monoisotopic (exact) mass is 162 g/mol. The molecular formula is C10H14N2. The number of hydrogen-bond acceptors (Lipinski definition) is 2. The molecule has 1 N–H and O–H groups in total. The van der Waals surface area contributed by atoms with Crippen LogP contribution in [-0.4, -0.2) is 11.0 Å². The molecule has 1 aromatic heterocycles. The Morgan fingerprint density at radius 1 is 1.42 bits per heavy atom. The van der Waals surface area contributed by atoms with Gasteiger partial charge in [-0.1, -0.05) is 13.0 Å². The van der Waals surface area contributed by atoms with Crippen LogP contribution >= 0.6 is 0 Å². The molecule has 2 heteroatoms. The first-order valence-corrected chi connectivity index (χ1v) is 4.52. The molecule has 1 fully saturated rings. The van der Waals surface area contributed by atoms with E-state index in [0.717, 1.165) is 11.7 Å². The van der Waals surface area contributed by atoms with E-state index in [-0.39, 0.29) is 0 Å². The van der Waals surface area contributed by atoms with Crippen LogP contribution in [0.5, 0.6) is 0 Å². The van der Waals surface area contributed by atoms with E-state index in [1.54, 1.807) is 0 Å². The average molecular weight is 162 g/mol. The molecule has 0 radical (unpaired) electrons. The maximum Gasteiger partial charge on any atom is 0.126 e. The minimum absolute atomic E-state index is 0.662. The SMILES string of the molecule is CC1CC(Nc2ccccn2)C1. The molecule has 0 atom stereocenters. The standard InChI is InChI=1S/C10H14N2/c1-8-6-9(7-8)12-10-4-2-3-5-11-10/h2-5,8-9H,6-7H2,1H3,(H,11,12). The van der Waals surface area contributed by atoms with Gasteiger partial charge in [0.25, 0.3) is 0 Å². The lowest BCUT2D eigenvalue weighted by Gasteiger charge is -2.33. The van der Waals surface area contributed by atoms with E-state index in [2.05, 4.69) is 17.2 Å². The zero-order valence-corrected chi connectivity index (χ0v) is 7.33. The van der Waals surface area contributed by atoms with Crippen molar-refractivity contribution in [3.8, 4) is 0 Å². The van der Waals surface area contributed by atoms with Crippen molar-refractivity contribution >= 4 is 5.82 Å². The van der Waals surface area contributed by atoms with Crippen molar-refractivity contribution < 1.29 is 0 Å². The highest BCUT2D eigenvalue weighted by molar-refractivity contribution is 5.35. The maximum absolute atomic E-state index is 4.21. The summed E-state index contributed by atoms with van der Waals surface area (Å²) in [4.78, 5) is 4.21. The van der Waals surface area contributed by atoms with Gasteiger partial charge in [-0.3, -0.25) is 0 Å². The number of nitrogens with one attached hydrogen (secondary N) is 1. The fraction of sp³-hybridized carbons (Fsp3) is 0.500. The Morgan fingerprint density at radius 2 is 2.25 bits per heavy atom. The molecule has 0 aliphatic heterocycles. The van der Waals surface area contributed by atoms with Gasteiger partial charge < -0.3 is 5.32 Å². The first-order chi connectivity index (χ1) is 5.84. The molecule has 1 saturated carbocycles. The highest BCUT2D eigenvalue weighted by Gasteiger charge is 2.24. The second kappa shape index (κ2) is 3.13. The lowest BCUT2D eigenvalue weighted by Crippen LogP contribution is -2.33. The zero-order valence-electron chi connectivity index (χ0n) is 7.33. The van der Waals surface area contributed by atoms with Gasteiger partial charge in [-0.05, 0) is 30.9 Å².